The van der Waals surface area contributed by atoms with Crippen molar-refractivity contribution in [2.24, 2.45) is 11.8 Å². The van der Waals surface area contributed by atoms with Crippen LogP contribution in [-0.4, -0.2) is 67.1 Å². The number of piperidine rings is 1. The van der Waals surface area contributed by atoms with E-state index in [4.69, 9.17) is 0 Å². The van der Waals surface area contributed by atoms with Crippen molar-refractivity contribution in [3.05, 3.63) is 41.5 Å². The van der Waals surface area contributed by atoms with Gasteiger partial charge in [-0.2, -0.15) is 0 Å². The minimum Gasteiger partial charge on any atom is -0.378 e. The average Bonchev–Trinajstić information content (AvgIpc) is 3.34. The van der Waals surface area contributed by atoms with E-state index in [1.807, 2.05) is 31.3 Å². The Morgan fingerprint density at radius 1 is 1.17 bits per heavy atom. The Bertz CT molecular complexity index is 957. The third-order valence-corrected chi connectivity index (χ3v) is 7.45. The molecule has 1 amide bonds. The predicted octanol–water partition coefficient (Wildman–Crippen LogP) is 1.45. The fourth-order valence-electron chi connectivity index (χ4n) is 5.25. The lowest BCUT2D eigenvalue weighted by Crippen LogP contribution is -2.42. The number of carbonyl (C=O) groups excluding carboxylic acids is 1. The lowest BCUT2D eigenvalue weighted by atomic mass is 9.84. The number of hydrogen-bond acceptors (Lipinski definition) is 8. The van der Waals surface area contributed by atoms with Gasteiger partial charge in [-0.25, -0.2) is 0 Å². The molecule has 1 aromatic carbocycles. The Labute approximate surface area is 214 Å². The molecule has 2 aliphatic rings. The first kappa shape index (κ1) is 26.5. The van der Waals surface area contributed by atoms with Crippen LogP contribution in [0.2, 0.25) is 0 Å². The van der Waals surface area contributed by atoms with Gasteiger partial charge in [-0.1, -0.05) is 19.4 Å². The summed E-state index contributed by atoms with van der Waals surface area (Å²) in [6, 6.07) is 7.93. The first-order valence-electron chi connectivity index (χ1n) is 13.5. The number of nitrogens with one attached hydrogen (secondary N) is 6. The topological polar surface area (TPSA) is 120 Å². The molecule has 3 unspecified atom stereocenters. The van der Waals surface area contributed by atoms with Gasteiger partial charge in [0, 0.05) is 31.0 Å². The minimum absolute atomic E-state index is 0.0125. The molecule has 3 atom stereocenters. The number of amides is 1. The highest BCUT2D eigenvalue weighted by Gasteiger charge is 2.24. The van der Waals surface area contributed by atoms with E-state index >= 15 is 0 Å². The Balaban J connectivity index is 1.37. The summed E-state index contributed by atoms with van der Waals surface area (Å²) < 4.78 is 2.24. The third-order valence-electron chi connectivity index (χ3n) is 7.45. The summed E-state index contributed by atoms with van der Waals surface area (Å²) in [5.74, 6) is 3.07. The van der Waals surface area contributed by atoms with Crippen LogP contribution in [-0.2, 0) is 13.1 Å². The van der Waals surface area contributed by atoms with Crippen LogP contribution in [0, 0.1) is 11.8 Å². The fraction of sp³-hybridized carbons (Fsp3) is 0.654. The Morgan fingerprint density at radius 2 is 2.06 bits per heavy atom. The van der Waals surface area contributed by atoms with Gasteiger partial charge in [0.05, 0.1) is 12.6 Å². The van der Waals surface area contributed by atoms with Crippen LogP contribution in [0.1, 0.15) is 60.7 Å². The molecule has 10 nitrogen and oxygen atoms in total. The highest BCUT2D eigenvalue weighted by Crippen LogP contribution is 2.22. The molecule has 4 rings (SSSR count). The molecule has 2 saturated heterocycles. The third kappa shape index (κ3) is 7.03. The van der Waals surface area contributed by atoms with Crippen molar-refractivity contribution < 1.29 is 4.79 Å². The number of rotatable bonds is 12. The van der Waals surface area contributed by atoms with Crippen LogP contribution in [0.4, 0.5) is 5.69 Å². The number of aromatic nitrogens is 3. The van der Waals surface area contributed by atoms with Crippen molar-refractivity contribution in [1.82, 2.24) is 41.3 Å². The quantitative estimate of drug-likeness (QED) is 0.244. The average molecular weight is 498 g/mol. The molecule has 36 heavy (non-hydrogen) atoms. The molecule has 6 N–H and O–H groups in total. The molecule has 198 valence electrons. The van der Waals surface area contributed by atoms with E-state index in [2.05, 4.69) is 53.6 Å². The van der Waals surface area contributed by atoms with Crippen molar-refractivity contribution >= 4 is 11.6 Å². The van der Waals surface area contributed by atoms with Crippen LogP contribution in [0.25, 0.3) is 0 Å². The highest BCUT2D eigenvalue weighted by atomic mass is 16.1. The molecule has 2 fully saturated rings. The number of anilines is 1. The summed E-state index contributed by atoms with van der Waals surface area (Å²) in [7, 11) is 1.97. The van der Waals surface area contributed by atoms with Crippen LogP contribution in [0.15, 0.2) is 24.3 Å². The van der Waals surface area contributed by atoms with Gasteiger partial charge in [-0.3, -0.25) is 10.1 Å². The molecule has 0 bridgehead atoms. The summed E-state index contributed by atoms with van der Waals surface area (Å²) in [4.78, 5) is 12.9. The van der Waals surface area contributed by atoms with E-state index < -0.39 is 0 Å². The van der Waals surface area contributed by atoms with E-state index in [1.54, 1.807) is 0 Å². The summed E-state index contributed by atoms with van der Waals surface area (Å²) in [6.07, 6.45) is 4.25. The minimum atomic E-state index is -0.0125. The van der Waals surface area contributed by atoms with Gasteiger partial charge in [0.25, 0.3) is 5.91 Å². The molecule has 3 heterocycles. The van der Waals surface area contributed by atoms with E-state index in [0.717, 1.165) is 89.0 Å². The normalized spacial score (nSPS) is 22.3. The van der Waals surface area contributed by atoms with Crippen molar-refractivity contribution in [2.45, 2.75) is 51.7 Å². The SMILES string of the molecule is CCC1CNCCC1CNC(=O)c1cccc(NCc2nnc(C3CCNCN3)n2CCCNC)c1. The zero-order valence-corrected chi connectivity index (χ0v) is 21.8. The number of hydrogen-bond donors (Lipinski definition) is 6. The monoisotopic (exact) mass is 497 g/mol. The van der Waals surface area contributed by atoms with Gasteiger partial charge < -0.3 is 31.2 Å². The molecule has 0 radical (unpaired) electrons. The van der Waals surface area contributed by atoms with Crippen LogP contribution in [0.5, 0.6) is 0 Å². The Hall–Kier alpha value is -2.53. The van der Waals surface area contributed by atoms with Crippen LogP contribution < -0.4 is 31.9 Å². The second-order valence-electron chi connectivity index (χ2n) is 9.87. The number of carbonyl (C=O) groups is 1. The largest absolute Gasteiger partial charge is 0.378 e. The van der Waals surface area contributed by atoms with Gasteiger partial charge in [0.2, 0.25) is 0 Å². The maximum atomic E-state index is 12.9. The fourth-order valence-corrected chi connectivity index (χ4v) is 5.25. The van der Waals surface area contributed by atoms with Crippen molar-refractivity contribution in [1.29, 1.82) is 0 Å². The predicted molar refractivity (Wildman–Crippen MR) is 143 cm³/mol. The lowest BCUT2D eigenvalue weighted by molar-refractivity contribution is 0.0935. The molecule has 1 aromatic heterocycles. The van der Waals surface area contributed by atoms with E-state index in [0.29, 0.717) is 23.9 Å². The highest BCUT2D eigenvalue weighted by molar-refractivity contribution is 5.95. The molecule has 0 spiro atoms. The number of nitrogens with zero attached hydrogens (tertiary/aromatic N) is 3. The molecular formula is C26H43N9O. The van der Waals surface area contributed by atoms with Crippen molar-refractivity contribution in [2.75, 3.05) is 51.8 Å². The van der Waals surface area contributed by atoms with Crippen LogP contribution >= 0.6 is 0 Å². The van der Waals surface area contributed by atoms with Crippen LogP contribution in [0.3, 0.4) is 0 Å². The first-order valence-corrected chi connectivity index (χ1v) is 13.5. The number of benzene rings is 1. The molecule has 0 saturated carbocycles. The molecular weight excluding hydrogens is 454 g/mol. The van der Waals surface area contributed by atoms with E-state index in [9.17, 15) is 4.79 Å². The summed E-state index contributed by atoms with van der Waals surface area (Å²) in [5.41, 5.74) is 1.58. The van der Waals surface area contributed by atoms with Gasteiger partial charge >= 0.3 is 0 Å². The lowest BCUT2D eigenvalue weighted by Gasteiger charge is -2.31. The zero-order chi connectivity index (χ0) is 25.2. The second-order valence-corrected chi connectivity index (χ2v) is 9.87. The van der Waals surface area contributed by atoms with Crippen molar-refractivity contribution in [3.8, 4) is 0 Å². The first-order chi connectivity index (χ1) is 17.7. The van der Waals surface area contributed by atoms with E-state index in [1.165, 1.54) is 0 Å². The molecule has 2 aliphatic heterocycles. The van der Waals surface area contributed by atoms with Gasteiger partial charge in [-0.05, 0) is 82.5 Å². The van der Waals surface area contributed by atoms with Gasteiger partial charge in [0.15, 0.2) is 5.82 Å². The summed E-state index contributed by atoms with van der Waals surface area (Å²) >= 11 is 0. The van der Waals surface area contributed by atoms with Gasteiger partial charge in [-0.15, -0.1) is 10.2 Å². The maximum Gasteiger partial charge on any atom is 0.251 e. The standard InChI is InChI=1S/C26H43N9O/c1-3-19-15-28-11-8-21(19)16-31-26(36)20-6-4-7-22(14-20)30-17-24-33-34-25(23-9-12-29-18-32-23)35(24)13-5-10-27-2/h4,6-7,14,19,21,23,27-30,32H,3,5,8-13,15-18H2,1-2H3,(H,31,36). The Kier molecular flexibility index (Phi) is 10.1. The maximum absolute atomic E-state index is 12.9. The summed E-state index contributed by atoms with van der Waals surface area (Å²) in [6.45, 7) is 9.16. The van der Waals surface area contributed by atoms with Gasteiger partial charge in [0.1, 0.15) is 5.82 Å². The second kappa shape index (κ2) is 13.7. The molecule has 0 aliphatic carbocycles. The molecule has 2 aromatic rings. The van der Waals surface area contributed by atoms with E-state index in [-0.39, 0.29) is 11.9 Å². The smallest absolute Gasteiger partial charge is 0.251 e. The Morgan fingerprint density at radius 3 is 2.86 bits per heavy atom. The summed E-state index contributed by atoms with van der Waals surface area (Å²) in [5, 5.41) is 29.2. The zero-order valence-electron chi connectivity index (χ0n) is 21.8. The molecule has 10 heteroatoms. The van der Waals surface area contributed by atoms with Crippen molar-refractivity contribution in [3.63, 3.8) is 0 Å².